The summed E-state index contributed by atoms with van der Waals surface area (Å²) in [6.07, 6.45) is 2.88. The van der Waals surface area contributed by atoms with Crippen LogP contribution in [0.4, 0.5) is 3.89 Å². The third-order valence-electron chi connectivity index (χ3n) is 3.40. The number of nitrogens with one attached hydrogen (secondary N) is 1. The van der Waals surface area contributed by atoms with E-state index in [0.29, 0.717) is 21.3 Å². The smallest absolute Gasteiger partial charge is 0.255 e. The first-order chi connectivity index (χ1) is 9.74. The van der Waals surface area contributed by atoms with Crippen molar-refractivity contribution in [3.05, 3.63) is 22.6 Å². The SMILES string of the molecule is CC(NC(=O)c1cn(SF)c2ncc(Br)nc12)C(C)(C)C. The lowest BCUT2D eigenvalue weighted by molar-refractivity contribution is 0.0911. The maximum Gasteiger partial charge on any atom is 0.255 e. The molecule has 0 aliphatic heterocycles. The number of amides is 1. The second-order valence-electron chi connectivity index (χ2n) is 5.86. The van der Waals surface area contributed by atoms with Crippen LogP contribution in [-0.2, 0) is 0 Å². The number of carbonyl (C=O) groups is 1. The van der Waals surface area contributed by atoms with Crippen LogP contribution in [0.3, 0.4) is 0 Å². The van der Waals surface area contributed by atoms with Gasteiger partial charge in [-0.15, -0.1) is 3.89 Å². The van der Waals surface area contributed by atoms with E-state index < -0.39 is 0 Å². The van der Waals surface area contributed by atoms with Crippen molar-refractivity contribution in [1.82, 2.24) is 19.3 Å². The van der Waals surface area contributed by atoms with Crippen molar-refractivity contribution in [1.29, 1.82) is 0 Å². The summed E-state index contributed by atoms with van der Waals surface area (Å²) in [6, 6.07) is -0.0402. The quantitative estimate of drug-likeness (QED) is 0.888. The molecule has 1 unspecified atom stereocenters. The molecule has 114 valence electrons. The van der Waals surface area contributed by atoms with Crippen LogP contribution in [0.2, 0.25) is 0 Å². The number of rotatable bonds is 3. The predicted octanol–water partition coefficient (Wildman–Crippen LogP) is 3.74. The summed E-state index contributed by atoms with van der Waals surface area (Å²) in [6.45, 7) is 8.04. The zero-order chi connectivity index (χ0) is 15.8. The van der Waals surface area contributed by atoms with Crippen LogP contribution in [0.25, 0.3) is 11.2 Å². The summed E-state index contributed by atoms with van der Waals surface area (Å²) in [5.74, 6) is -0.289. The highest BCUT2D eigenvalue weighted by molar-refractivity contribution is 9.10. The molecular formula is C13H16BrFN4OS. The van der Waals surface area contributed by atoms with Crippen molar-refractivity contribution in [2.45, 2.75) is 33.7 Å². The Hall–Kier alpha value is -1.15. The largest absolute Gasteiger partial charge is 0.349 e. The molecule has 1 amide bonds. The summed E-state index contributed by atoms with van der Waals surface area (Å²) in [4.78, 5) is 20.7. The second kappa shape index (κ2) is 5.92. The van der Waals surface area contributed by atoms with Crippen LogP contribution in [0.5, 0.6) is 0 Å². The standard InChI is InChI=1S/C13H16BrFN4OS/c1-7(13(2,3)4)17-12(20)8-6-19(21-15)11-10(8)18-9(14)5-16-11/h5-7H,1-4H3,(H,17,20). The third kappa shape index (κ3) is 3.37. The zero-order valence-corrected chi connectivity index (χ0v) is 14.5. The molecule has 1 atom stereocenters. The lowest BCUT2D eigenvalue weighted by atomic mass is 9.88. The van der Waals surface area contributed by atoms with Crippen molar-refractivity contribution >= 4 is 45.3 Å². The van der Waals surface area contributed by atoms with Gasteiger partial charge in [-0.2, -0.15) is 0 Å². The minimum atomic E-state index is -0.289. The first-order valence-corrected chi connectivity index (χ1v) is 7.84. The molecule has 2 rings (SSSR count). The number of hydrogen-bond donors (Lipinski definition) is 1. The molecule has 2 aromatic heterocycles. The van der Waals surface area contributed by atoms with Gasteiger partial charge in [-0.05, 0) is 28.3 Å². The topological polar surface area (TPSA) is 59.8 Å². The molecule has 0 radical (unpaired) electrons. The number of halogens is 2. The van der Waals surface area contributed by atoms with Crippen molar-refractivity contribution in [3.8, 4) is 0 Å². The van der Waals surface area contributed by atoms with Crippen molar-refractivity contribution in [2.24, 2.45) is 5.41 Å². The van der Waals surface area contributed by atoms with Gasteiger partial charge in [0.2, 0.25) is 0 Å². The molecule has 1 N–H and O–H groups in total. The number of carbonyl (C=O) groups excluding carboxylic acids is 1. The van der Waals surface area contributed by atoms with Gasteiger partial charge >= 0.3 is 0 Å². The molecule has 2 heterocycles. The fourth-order valence-corrected chi connectivity index (χ4v) is 2.28. The van der Waals surface area contributed by atoms with Gasteiger partial charge in [0, 0.05) is 12.2 Å². The van der Waals surface area contributed by atoms with Crippen LogP contribution in [0, 0.1) is 5.41 Å². The Morgan fingerprint density at radius 1 is 1.52 bits per heavy atom. The van der Waals surface area contributed by atoms with E-state index >= 15 is 0 Å². The van der Waals surface area contributed by atoms with Crippen molar-refractivity contribution in [2.75, 3.05) is 0 Å². The number of hydrogen-bond acceptors (Lipinski definition) is 4. The van der Waals surface area contributed by atoms with Gasteiger partial charge in [-0.3, -0.25) is 4.79 Å². The van der Waals surface area contributed by atoms with E-state index in [-0.39, 0.29) is 29.7 Å². The number of nitrogens with zero attached hydrogens (tertiary/aromatic N) is 3. The maximum absolute atomic E-state index is 13.0. The van der Waals surface area contributed by atoms with E-state index in [0.717, 1.165) is 0 Å². The molecule has 5 nitrogen and oxygen atoms in total. The van der Waals surface area contributed by atoms with Crippen LogP contribution < -0.4 is 5.32 Å². The lowest BCUT2D eigenvalue weighted by Crippen LogP contribution is -2.41. The van der Waals surface area contributed by atoms with E-state index in [2.05, 4.69) is 31.2 Å². The van der Waals surface area contributed by atoms with Gasteiger partial charge in [0.05, 0.1) is 11.8 Å². The van der Waals surface area contributed by atoms with E-state index in [1.54, 1.807) is 0 Å². The Morgan fingerprint density at radius 3 is 2.76 bits per heavy atom. The summed E-state index contributed by atoms with van der Waals surface area (Å²) < 4.78 is 14.6. The van der Waals surface area contributed by atoms with Gasteiger partial charge in [0.25, 0.3) is 5.91 Å². The first-order valence-electron chi connectivity index (χ1n) is 6.37. The van der Waals surface area contributed by atoms with Crippen molar-refractivity contribution in [3.63, 3.8) is 0 Å². The average Bonchev–Trinajstić information content (AvgIpc) is 2.75. The predicted molar refractivity (Wildman–Crippen MR) is 85.7 cm³/mol. The molecule has 2 aromatic rings. The normalized spacial score (nSPS) is 13.4. The molecule has 8 heteroatoms. The molecular weight excluding hydrogens is 359 g/mol. The Bertz CT molecular complexity index is 683. The second-order valence-corrected chi connectivity index (χ2v) is 7.21. The molecule has 0 spiro atoms. The Kier molecular flexibility index (Phi) is 4.57. The summed E-state index contributed by atoms with van der Waals surface area (Å²) in [7, 11) is 0. The Morgan fingerprint density at radius 2 is 2.19 bits per heavy atom. The molecule has 0 saturated carbocycles. The Labute approximate surface area is 135 Å². The first kappa shape index (κ1) is 16.2. The van der Waals surface area contributed by atoms with Crippen LogP contribution in [0.15, 0.2) is 17.0 Å². The molecule has 0 bridgehead atoms. The number of fused-ring (bicyclic) bond motifs is 1. The van der Waals surface area contributed by atoms with Crippen LogP contribution in [-0.4, -0.2) is 25.9 Å². The van der Waals surface area contributed by atoms with Gasteiger partial charge in [-0.25, -0.2) is 13.9 Å². The molecule has 0 aliphatic rings. The van der Waals surface area contributed by atoms with E-state index in [1.165, 1.54) is 16.4 Å². The summed E-state index contributed by atoms with van der Waals surface area (Å²) in [5, 5.41) is 2.92. The van der Waals surface area contributed by atoms with Crippen LogP contribution >= 0.6 is 28.3 Å². The lowest BCUT2D eigenvalue weighted by Gasteiger charge is -2.27. The van der Waals surface area contributed by atoms with E-state index in [9.17, 15) is 8.68 Å². The summed E-state index contributed by atoms with van der Waals surface area (Å²) in [5.41, 5.74) is 0.919. The van der Waals surface area contributed by atoms with Gasteiger partial charge in [-0.1, -0.05) is 20.8 Å². The zero-order valence-electron chi connectivity index (χ0n) is 12.1. The fraction of sp³-hybridized carbons (Fsp3) is 0.462. The van der Waals surface area contributed by atoms with E-state index in [4.69, 9.17) is 0 Å². The average molecular weight is 375 g/mol. The minimum absolute atomic E-state index is 0.0143. The van der Waals surface area contributed by atoms with Gasteiger partial charge in [0.1, 0.15) is 10.1 Å². The maximum atomic E-state index is 13.0. The third-order valence-corrected chi connectivity index (χ3v) is 4.21. The minimum Gasteiger partial charge on any atom is -0.349 e. The highest BCUT2D eigenvalue weighted by Crippen LogP contribution is 2.25. The van der Waals surface area contributed by atoms with E-state index in [1.807, 2.05) is 27.7 Å². The summed E-state index contributed by atoms with van der Waals surface area (Å²) >= 11 is 3.20. The Balaban J connectivity index is 2.42. The highest BCUT2D eigenvalue weighted by Gasteiger charge is 2.25. The highest BCUT2D eigenvalue weighted by atomic mass is 79.9. The molecule has 0 aromatic carbocycles. The van der Waals surface area contributed by atoms with Crippen molar-refractivity contribution < 1.29 is 8.68 Å². The number of aromatic nitrogens is 3. The fourth-order valence-electron chi connectivity index (χ4n) is 1.65. The van der Waals surface area contributed by atoms with Crippen LogP contribution in [0.1, 0.15) is 38.1 Å². The molecule has 21 heavy (non-hydrogen) atoms. The monoisotopic (exact) mass is 374 g/mol. The van der Waals surface area contributed by atoms with Gasteiger partial charge in [0.15, 0.2) is 18.0 Å². The van der Waals surface area contributed by atoms with Gasteiger partial charge < -0.3 is 5.32 Å². The molecule has 0 saturated heterocycles. The molecule has 0 fully saturated rings. The molecule has 0 aliphatic carbocycles.